The first-order valence-corrected chi connectivity index (χ1v) is 14.1. The lowest BCUT2D eigenvalue weighted by molar-refractivity contribution is 0.103. The largest absolute Gasteiger partial charge is 0.378 e. The molecule has 1 aliphatic heterocycles. The summed E-state index contributed by atoms with van der Waals surface area (Å²) in [6, 6.07) is 24.8. The molecular weight excluding hydrogens is 587 g/mol. The predicted octanol–water partition coefficient (Wildman–Crippen LogP) is 5.81. The normalized spacial score (nSPS) is 12.7. The van der Waals surface area contributed by atoms with E-state index in [0.717, 1.165) is 18.9 Å². The van der Waals surface area contributed by atoms with E-state index in [1.54, 1.807) is 42.7 Å². The number of carbonyl (C=O) groups is 2. The molecule has 2 aromatic carbocycles. The minimum atomic E-state index is -0.119. The summed E-state index contributed by atoms with van der Waals surface area (Å²) in [6.07, 6.45) is 3.23. The molecule has 0 bridgehead atoms. The third kappa shape index (κ3) is 7.78. The van der Waals surface area contributed by atoms with E-state index in [2.05, 4.69) is 19.9 Å². The van der Waals surface area contributed by atoms with Gasteiger partial charge in [-0.05, 0) is 24.3 Å². The number of benzene rings is 2. The number of ketones is 2. The zero-order valence-electron chi connectivity index (χ0n) is 22.9. The number of morpholine rings is 1. The number of nitrogens with zero attached hydrogens (tertiary/aromatic N) is 5. The third-order valence-electron chi connectivity index (χ3n) is 6.47. The van der Waals surface area contributed by atoms with Gasteiger partial charge in [0.15, 0.2) is 11.6 Å². The SMILES string of the molecule is Nc1ncc(-c2cc(C(=O)c3ccccc3)cc(N3CCOCC3)n2)cn1.O=C(c1ccccc1)c1cc(Cl)nc(Cl)c1. The highest BCUT2D eigenvalue weighted by atomic mass is 35.5. The van der Waals surface area contributed by atoms with Crippen molar-refractivity contribution in [1.29, 1.82) is 0 Å². The van der Waals surface area contributed by atoms with Crippen LogP contribution in [0.3, 0.4) is 0 Å². The van der Waals surface area contributed by atoms with Crippen LogP contribution in [0.1, 0.15) is 31.8 Å². The number of anilines is 2. The number of pyridine rings is 2. The van der Waals surface area contributed by atoms with Crippen molar-refractivity contribution in [3.63, 3.8) is 0 Å². The lowest BCUT2D eigenvalue weighted by Gasteiger charge is -2.28. The van der Waals surface area contributed by atoms with Crippen LogP contribution in [0.15, 0.2) is 97.3 Å². The van der Waals surface area contributed by atoms with Gasteiger partial charge in [0.05, 0.1) is 18.9 Å². The van der Waals surface area contributed by atoms with Crippen LogP contribution in [0.4, 0.5) is 11.8 Å². The van der Waals surface area contributed by atoms with E-state index in [1.165, 1.54) is 12.1 Å². The Labute approximate surface area is 258 Å². The van der Waals surface area contributed by atoms with Crippen LogP contribution in [-0.4, -0.2) is 57.8 Å². The molecule has 0 atom stereocenters. The van der Waals surface area contributed by atoms with E-state index >= 15 is 0 Å². The Morgan fingerprint density at radius 1 is 0.698 bits per heavy atom. The number of rotatable bonds is 6. The summed E-state index contributed by atoms with van der Waals surface area (Å²) in [6.45, 7) is 2.74. The van der Waals surface area contributed by atoms with Crippen molar-refractivity contribution >= 4 is 46.5 Å². The molecule has 4 heterocycles. The summed E-state index contributed by atoms with van der Waals surface area (Å²) in [5.74, 6) is 0.771. The molecule has 0 unspecified atom stereocenters. The lowest BCUT2D eigenvalue weighted by Crippen LogP contribution is -2.36. The fraction of sp³-hybridized carbons (Fsp3) is 0.125. The average Bonchev–Trinajstić information content (AvgIpc) is 3.05. The van der Waals surface area contributed by atoms with Gasteiger partial charge < -0.3 is 15.4 Å². The standard InChI is InChI=1S/C20H19N5O2.C12H7Cl2NO/c21-20-22-12-16(13-23-20)17-10-15(19(26)14-4-2-1-3-5-14)11-18(24-17)25-6-8-27-9-7-25;13-10-6-9(7-11(14)15-10)12(16)8-4-2-1-3-5-8/h1-5,10-13H,6-9H2,(H2,21,22,23);1-7H. The van der Waals surface area contributed by atoms with Crippen LogP contribution in [-0.2, 0) is 4.74 Å². The molecule has 5 aromatic rings. The zero-order chi connectivity index (χ0) is 30.2. The monoisotopic (exact) mass is 612 g/mol. The van der Waals surface area contributed by atoms with Gasteiger partial charge in [-0.25, -0.2) is 19.9 Å². The number of carbonyl (C=O) groups excluding carboxylic acids is 2. The minimum Gasteiger partial charge on any atom is -0.378 e. The Hall–Kier alpha value is -4.70. The molecule has 1 aliphatic rings. The number of nitrogen functional groups attached to an aromatic ring is 1. The van der Waals surface area contributed by atoms with E-state index in [0.29, 0.717) is 46.7 Å². The Bertz CT molecular complexity index is 1700. The summed E-state index contributed by atoms with van der Waals surface area (Å²) < 4.78 is 5.43. The van der Waals surface area contributed by atoms with Gasteiger partial charge in [0, 0.05) is 53.3 Å². The first kappa shape index (κ1) is 29.8. The van der Waals surface area contributed by atoms with Crippen LogP contribution in [0.2, 0.25) is 10.3 Å². The third-order valence-corrected chi connectivity index (χ3v) is 6.86. The summed E-state index contributed by atoms with van der Waals surface area (Å²) in [4.78, 5) is 43.7. The van der Waals surface area contributed by atoms with E-state index < -0.39 is 0 Å². The lowest BCUT2D eigenvalue weighted by atomic mass is 10.0. The number of hydrogen-bond donors (Lipinski definition) is 1. The molecule has 0 aliphatic carbocycles. The molecule has 1 saturated heterocycles. The molecule has 0 amide bonds. The first-order chi connectivity index (χ1) is 20.9. The summed E-state index contributed by atoms with van der Waals surface area (Å²) in [7, 11) is 0. The second-order valence-electron chi connectivity index (χ2n) is 9.42. The van der Waals surface area contributed by atoms with Crippen LogP contribution in [0.25, 0.3) is 11.3 Å². The molecule has 11 heteroatoms. The molecule has 0 saturated carbocycles. The average molecular weight is 614 g/mol. The second-order valence-corrected chi connectivity index (χ2v) is 10.2. The highest BCUT2D eigenvalue weighted by molar-refractivity contribution is 6.33. The fourth-order valence-corrected chi connectivity index (χ4v) is 4.79. The molecule has 1 fully saturated rings. The molecule has 216 valence electrons. The maximum atomic E-state index is 13.0. The highest BCUT2D eigenvalue weighted by Crippen LogP contribution is 2.25. The van der Waals surface area contributed by atoms with Crippen LogP contribution >= 0.6 is 23.2 Å². The molecule has 0 radical (unpaired) electrons. The van der Waals surface area contributed by atoms with Crippen molar-refractivity contribution in [2.24, 2.45) is 0 Å². The van der Waals surface area contributed by atoms with Gasteiger partial charge in [0.1, 0.15) is 16.1 Å². The maximum absolute atomic E-state index is 13.0. The maximum Gasteiger partial charge on any atom is 0.219 e. The fourth-order valence-electron chi connectivity index (χ4n) is 4.33. The van der Waals surface area contributed by atoms with Gasteiger partial charge in [-0.2, -0.15) is 0 Å². The second kappa shape index (κ2) is 14.0. The summed E-state index contributed by atoms with van der Waals surface area (Å²) in [5, 5.41) is 0.429. The van der Waals surface area contributed by atoms with E-state index in [9.17, 15) is 9.59 Å². The smallest absolute Gasteiger partial charge is 0.219 e. The molecule has 2 N–H and O–H groups in total. The zero-order valence-corrected chi connectivity index (χ0v) is 24.4. The molecule has 9 nitrogen and oxygen atoms in total. The van der Waals surface area contributed by atoms with Gasteiger partial charge in [-0.3, -0.25) is 9.59 Å². The van der Waals surface area contributed by atoms with Gasteiger partial charge in [0.2, 0.25) is 5.95 Å². The molecule has 43 heavy (non-hydrogen) atoms. The van der Waals surface area contributed by atoms with Crippen molar-refractivity contribution in [2.75, 3.05) is 36.9 Å². The number of nitrogens with two attached hydrogens (primary N) is 1. The van der Waals surface area contributed by atoms with Gasteiger partial charge in [-0.1, -0.05) is 83.9 Å². The Morgan fingerprint density at radius 3 is 1.74 bits per heavy atom. The van der Waals surface area contributed by atoms with Gasteiger partial charge in [0.25, 0.3) is 0 Å². The topological polar surface area (TPSA) is 124 Å². The summed E-state index contributed by atoms with van der Waals surface area (Å²) >= 11 is 11.5. The molecular formula is C32H26Cl2N6O3. The highest BCUT2D eigenvalue weighted by Gasteiger charge is 2.18. The van der Waals surface area contributed by atoms with Crippen molar-refractivity contribution in [1.82, 2.24) is 19.9 Å². The van der Waals surface area contributed by atoms with Crippen LogP contribution < -0.4 is 10.6 Å². The van der Waals surface area contributed by atoms with Crippen LogP contribution in [0, 0.1) is 0 Å². The minimum absolute atomic E-state index is 0.0508. The number of halogens is 2. The quantitative estimate of drug-likeness (QED) is 0.187. The Kier molecular flexibility index (Phi) is 9.68. The van der Waals surface area contributed by atoms with Gasteiger partial charge >= 0.3 is 0 Å². The van der Waals surface area contributed by atoms with Crippen molar-refractivity contribution < 1.29 is 14.3 Å². The van der Waals surface area contributed by atoms with Crippen LogP contribution in [0.5, 0.6) is 0 Å². The molecule has 6 rings (SSSR count). The van der Waals surface area contributed by atoms with Crippen molar-refractivity contribution in [3.8, 4) is 11.3 Å². The Balaban J connectivity index is 0.000000196. The van der Waals surface area contributed by atoms with E-state index in [1.807, 2.05) is 42.5 Å². The number of aromatic nitrogens is 4. The van der Waals surface area contributed by atoms with Gasteiger partial charge in [-0.15, -0.1) is 0 Å². The molecule has 0 spiro atoms. The number of hydrogen-bond acceptors (Lipinski definition) is 9. The Morgan fingerprint density at radius 2 is 1.21 bits per heavy atom. The molecule has 3 aromatic heterocycles. The first-order valence-electron chi connectivity index (χ1n) is 13.3. The summed E-state index contributed by atoms with van der Waals surface area (Å²) in [5.41, 5.74) is 9.18. The van der Waals surface area contributed by atoms with Crippen molar-refractivity contribution in [3.05, 3.63) is 130 Å². The van der Waals surface area contributed by atoms with E-state index in [4.69, 9.17) is 38.7 Å². The van der Waals surface area contributed by atoms with E-state index in [-0.39, 0.29) is 27.8 Å². The number of ether oxygens (including phenoxy) is 1. The predicted molar refractivity (Wildman–Crippen MR) is 167 cm³/mol. The van der Waals surface area contributed by atoms with Crippen molar-refractivity contribution in [2.45, 2.75) is 0 Å².